The van der Waals surface area contributed by atoms with Gasteiger partial charge in [0.1, 0.15) is 5.75 Å². The molecule has 108 valence electrons. The molecule has 2 aromatic rings. The molecule has 0 aromatic heterocycles. The van der Waals surface area contributed by atoms with Crippen LogP contribution >= 0.6 is 0 Å². The molecule has 0 radical (unpaired) electrons. The van der Waals surface area contributed by atoms with Gasteiger partial charge < -0.3 is 10.0 Å². The van der Waals surface area contributed by atoms with Crippen LogP contribution in [0.3, 0.4) is 0 Å². The number of nitrogens with zero attached hydrogens (tertiary/aromatic N) is 1. The topological polar surface area (TPSA) is 40.5 Å². The Morgan fingerprint density at radius 1 is 1.10 bits per heavy atom. The highest BCUT2D eigenvalue weighted by Gasteiger charge is 2.15. The number of phenolic OH excluding ortho intramolecular Hbond substituents is 1. The summed E-state index contributed by atoms with van der Waals surface area (Å²) in [6.45, 7) is 1.96. The van der Waals surface area contributed by atoms with E-state index in [1.54, 1.807) is 30.2 Å². The fourth-order valence-corrected chi connectivity index (χ4v) is 2.02. The van der Waals surface area contributed by atoms with Crippen LogP contribution in [0.4, 0.5) is 0 Å². The molecule has 1 N–H and O–H groups in total. The van der Waals surface area contributed by atoms with Crippen LogP contribution in [0.25, 0.3) is 6.08 Å². The highest BCUT2D eigenvalue weighted by atomic mass is 16.3. The first kappa shape index (κ1) is 14.9. The Hall–Kier alpha value is -2.55. The van der Waals surface area contributed by atoms with Crippen molar-refractivity contribution in [3.8, 4) is 5.75 Å². The molecule has 3 heteroatoms. The second kappa shape index (κ2) is 6.75. The van der Waals surface area contributed by atoms with Gasteiger partial charge in [0.2, 0.25) is 5.91 Å². The Bertz CT molecular complexity index is 617. The molecule has 1 unspecified atom stereocenters. The lowest BCUT2D eigenvalue weighted by Crippen LogP contribution is -2.27. The Balaban J connectivity index is 2.05. The van der Waals surface area contributed by atoms with Crippen LogP contribution in [0, 0.1) is 0 Å². The highest BCUT2D eigenvalue weighted by Crippen LogP contribution is 2.21. The normalized spacial score (nSPS) is 12.3. The number of phenols is 1. The number of carbonyl (C=O) groups excluding carboxylic acids is 1. The molecular formula is C18H19NO2. The third-order valence-corrected chi connectivity index (χ3v) is 3.52. The van der Waals surface area contributed by atoms with Gasteiger partial charge in [0.05, 0.1) is 6.04 Å². The second-order valence-corrected chi connectivity index (χ2v) is 4.96. The molecule has 0 saturated carbocycles. The monoisotopic (exact) mass is 281 g/mol. The van der Waals surface area contributed by atoms with Gasteiger partial charge in [-0.05, 0) is 36.3 Å². The van der Waals surface area contributed by atoms with Crippen LogP contribution in [0.1, 0.15) is 24.1 Å². The standard InChI is InChI=1S/C18H19NO2/c1-14(16-9-11-17(20)12-10-16)19(2)18(21)13-8-15-6-4-3-5-7-15/h3-14,20H,1-2H3/b13-8+. The SMILES string of the molecule is CC(c1ccc(O)cc1)N(C)C(=O)/C=C/c1ccccc1. The number of carbonyl (C=O) groups is 1. The molecule has 0 bridgehead atoms. The van der Waals surface area contributed by atoms with Crippen molar-refractivity contribution in [2.45, 2.75) is 13.0 Å². The molecule has 0 aliphatic rings. The number of rotatable bonds is 4. The van der Waals surface area contributed by atoms with E-state index in [-0.39, 0.29) is 17.7 Å². The fourth-order valence-electron chi connectivity index (χ4n) is 2.02. The predicted octanol–water partition coefficient (Wildman–Crippen LogP) is 3.63. The van der Waals surface area contributed by atoms with Gasteiger partial charge in [-0.25, -0.2) is 0 Å². The van der Waals surface area contributed by atoms with Crippen molar-refractivity contribution in [3.63, 3.8) is 0 Å². The summed E-state index contributed by atoms with van der Waals surface area (Å²) in [4.78, 5) is 13.9. The Morgan fingerprint density at radius 2 is 1.71 bits per heavy atom. The molecule has 0 saturated heterocycles. The molecular weight excluding hydrogens is 262 g/mol. The Labute approximate surface area is 125 Å². The minimum Gasteiger partial charge on any atom is -0.508 e. The van der Waals surface area contributed by atoms with Crippen LogP contribution in [-0.2, 0) is 4.79 Å². The molecule has 2 aromatic carbocycles. The average molecular weight is 281 g/mol. The molecule has 1 atom stereocenters. The summed E-state index contributed by atoms with van der Waals surface area (Å²) in [7, 11) is 1.77. The van der Waals surface area contributed by atoms with Gasteiger partial charge in [0.15, 0.2) is 0 Å². The molecule has 21 heavy (non-hydrogen) atoms. The highest BCUT2D eigenvalue weighted by molar-refractivity contribution is 5.91. The van der Waals surface area contributed by atoms with Gasteiger partial charge in [0, 0.05) is 13.1 Å². The number of likely N-dealkylation sites (N-methyl/N-ethyl adjacent to an activating group) is 1. The van der Waals surface area contributed by atoms with Gasteiger partial charge in [-0.2, -0.15) is 0 Å². The van der Waals surface area contributed by atoms with Gasteiger partial charge in [-0.1, -0.05) is 42.5 Å². The molecule has 0 fully saturated rings. The fraction of sp³-hybridized carbons (Fsp3) is 0.167. The van der Waals surface area contributed by atoms with E-state index in [1.165, 1.54) is 0 Å². The maximum Gasteiger partial charge on any atom is 0.246 e. The van der Waals surface area contributed by atoms with Crippen molar-refractivity contribution in [2.24, 2.45) is 0 Å². The zero-order valence-corrected chi connectivity index (χ0v) is 12.2. The number of hydrogen-bond acceptors (Lipinski definition) is 2. The molecule has 0 aliphatic heterocycles. The third-order valence-electron chi connectivity index (χ3n) is 3.52. The third kappa shape index (κ3) is 3.96. The van der Waals surface area contributed by atoms with Gasteiger partial charge >= 0.3 is 0 Å². The van der Waals surface area contributed by atoms with Gasteiger partial charge in [-0.3, -0.25) is 4.79 Å². The maximum atomic E-state index is 12.2. The average Bonchev–Trinajstić information content (AvgIpc) is 2.53. The second-order valence-electron chi connectivity index (χ2n) is 4.96. The quantitative estimate of drug-likeness (QED) is 0.869. The lowest BCUT2D eigenvalue weighted by molar-refractivity contribution is -0.126. The Kier molecular flexibility index (Phi) is 4.77. The van der Waals surface area contributed by atoms with Crippen LogP contribution in [0.2, 0.25) is 0 Å². The number of amides is 1. The van der Waals surface area contributed by atoms with E-state index in [1.807, 2.05) is 55.5 Å². The summed E-state index contributed by atoms with van der Waals surface area (Å²) < 4.78 is 0. The van der Waals surface area contributed by atoms with E-state index in [0.29, 0.717) is 0 Å². The van der Waals surface area contributed by atoms with Crippen molar-refractivity contribution >= 4 is 12.0 Å². The van der Waals surface area contributed by atoms with E-state index in [4.69, 9.17) is 0 Å². The van der Waals surface area contributed by atoms with Crippen molar-refractivity contribution in [3.05, 3.63) is 71.8 Å². The largest absolute Gasteiger partial charge is 0.508 e. The van der Waals surface area contributed by atoms with E-state index < -0.39 is 0 Å². The molecule has 2 rings (SSSR count). The smallest absolute Gasteiger partial charge is 0.246 e. The number of benzene rings is 2. The Morgan fingerprint density at radius 3 is 2.33 bits per heavy atom. The minimum absolute atomic E-state index is 0.0561. The molecule has 1 amide bonds. The van der Waals surface area contributed by atoms with E-state index in [9.17, 15) is 9.90 Å². The van der Waals surface area contributed by atoms with Crippen molar-refractivity contribution in [1.29, 1.82) is 0 Å². The lowest BCUT2D eigenvalue weighted by Gasteiger charge is -2.24. The van der Waals surface area contributed by atoms with E-state index >= 15 is 0 Å². The number of aromatic hydroxyl groups is 1. The van der Waals surface area contributed by atoms with E-state index in [0.717, 1.165) is 11.1 Å². The first-order valence-corrected chi connectivity index (χ1v) is 6.87. The lowest BCUT2D eigenvalue weighted by atomic mass is 10.1. The summed E-state index contributed by atoms with van der Waals surface area (Å²) >= 11 is 0. The summed E-state index contributed by atoms with van der Waals surface area (Å²) in [5.74, 6) is 0.170. The number of hydrogen-bond donors (Lipinski definition) is 1. The van der Waals surface area contributed by atoms with Crippen molar-refractivity contribution < 1.29 is 9.90 Å². The van der Waals surface area contributed by atoms with Gasteiger partial charge in [0.25, 0.3) is 0 Å². The molecule has 0 aliphatic carbocycles. The zero-order chi connectivity index (χ0) is 15.2. The summed E-state index contributed by atoms with van der Waals surface area (Å²) in [5.41, 5.74) is 1.98. The maximum absolute atomic E-state index is 12.2. The molecule has 3 nitrogen and oxygen atoms in total. The summed E-state index contributed by atoms with van der Waals surface area (Å²) in [5, 5.41) is 9.30. The predicted molar refractivity (Wildman–Crippen MR) is 84.8 cm³/mol. The van der Waals surface area contributed by atoms with Crippen molar-refractivity contribution in [2.75, 3.05) is 7.05 Å². The van der Waals surface area contributed by atoms with Crippen molar-refractivity contribution in [1.82, 2.24) is 4.90 Å². The van der Waals surface area contributed by atoms with Crippen LogP contribution in [0.5, 0.6) is 5.75 Å². The molecule has 0 spiro atoms. The van der Waals surface area contributed by atoms with E-state index in [2.05, 4.69) is 0 Å². The zero-order valence-electron chi connectivity index (χ0n) is 12.2. The van der Waals surface area contributed by atoms with Crippen LogP contribution < -0.4 is 0 Å². The van der Waals surface area contributed by atoms with Crippen LogP contribution in [0.15, 0.2) is 60.7 Å². The van der Waals surface area contributed by atoms with Crippen LogP contribution in [-0.4, -0.2) is 23.0 Å². The molecule has 0 heterocycles. The first-order valence-electron chi connectivity index (χ1n) is 6.87. The minimum atomic E-state index is -0.0569. The first-order chi connectivity index (χ1) is 10.1. The summed E-state index contributed by atoms with van der Waals surface area (Å²) in [6, 6.07) is 16.6. The summed E-state index contributed by atoms with van der Waals surface area (Å²) in [6.07, 6.45) is 3.38. The van der Waals surface area contributed by atoms with Gasteiger partial charge in [-0.15, -0.1) is 0 Å².